The summed E-state index contributed by atoms with van der Waals surface area (Å²) in [6.45, 7) is 0.443. The number of hydrogen-bond acceptors (Lipinski definition) is 5. The monoisotopic (exact) mass is 281 g/mol. The van der Waals surface area contributed by atoms with Gasteiger partial charge in [-0.05, 0) is 6.42 Å². The van der Waals surface area contributed by atoms with Gasteiger partial charge >= 0.3 is 5.97 Å². The first-order chi connectivity index (χ1) is 9.60. The molecule has 1 saturated heterocycles. The Bertz CT molecular complexity index is 477. The van der Waals surface area contributed by atoms with Gasteiger partial charge in [0.25, 0.3) is 0 Å². The summed E-state index contributed by atoms with van der Waals surface area (Å²) in [5.41, 5.74) is 0.833. The zero-order valence-electron chi connectivity index (χ0n) is 11.8. The average Bonchev–Trinajstić information content (AvgIpc) is 2.95. The van der Waals surface area contributed by atoms with Crippen molar-refractivity contribution in [2.24, 2.45) is 5.92 Å². The minimum Gasteiger partial charge on any atom is -0.496 e. The van der Waals surface area contributed by atoms with Gasteiger partial charge in [-0.2, -0.15) is 0 Å². The van der Waals surface area contributed by atoms with Gasteiger partial charge in [0.05, 0.1) is 32.8 Å². The van der Waals surface area contributed by atoms with Gasteiger partial charge in [0.2, 0.25) is 0 Å². The number of carboxylic acids is 1. The number of ether oxygens (including phenoxy) is 3. The van der Waals surface area contributed by atoms with Gasteiger partial charge in [-0.1, -0.05) is 0 Å². The number of benzene rings is 1. The van der Waals surface area contributed by atoms with E-state index in [1.807, 2.05) is 0 Å². The Morgan fingerprint density at radius 2 is 1.80 bits per heavy atom. The van der Waals surface area contributed by atoms with E-state index >= 15 is 0 Å². The summed E-state index contributed by atoms with van der Waals surface area (Å²) in [6.07, 6.45) is 0.508. The van der Waals surface area contributed by atoms with Gasteiger partial charge in [-0.25, -0.2) is 0 Å². The van der Waals surface area contributed by atoms with Crippen molar-refractivity contribution < 1.29 is 24.1 Å². The summed E-state index contributed by atoms with van der Waals surface area (Å²) in [6, 6.07) is 3.44. The highest BCUT2D eigenvalue weighted by molar-refractivity contribution is 5.71. The maximum absolute atomic E-state index is 11.1. The molecule has 0 radical (unpaired) electrons. The molecule has 2 unspecified atom stereocenters. The van der Waals surface area contributed by atoms with E-state index in [1.165, 1.54) is 0 Å². The minimum absolute atomic E-state index is 0.105. The number of carboxylic acid groups (broad SMARTS) is 1. The Kier molecular flexibility index (Phi) is 4.34. The number of aliphatic carboxylic acids is 1. The van der Waals surface area contributed by atoms with Crippen LogP contribution in [-0.4, -0.2) is 38.9 Å². The third-order valence-electron chi connectivity index (χ3n) is 3.58. The molecule has 0 bridgehead atoms. The molecule has 1 fully saturated rings. The van der Waals surface area contributed by atoms with Gasteiger partial charge < -0.3 is 24.6 Å². The molecule has 0 aliphatic carbocycles. The van der Waals surface area contributed by atoms with Gasteiger partial charge in [0.15, 0.2) is 0 Å². The lowest BCUT2D eigenvalue weighted by Crippen LogP contribution is -2.17. The second-order valence-corrected chi connectivity index (χ2v) is 4.68. The molecule has 0 aromatic heterocycles. The largest absolute Gasteiger partial charge is 0.496 e. The van der Waals surface area contributed by atoms with E-state index in [4.69, 9.17) is 19.3 Å². The van der Waals surface area contributed by atoms with Crippen molar-refractivity contribution in [3.8, 4) is 17.2 Å². The summed E-state index contributed by atoms with van der Waals surface area (Å²) in [7, 11) is 4.71. The molecule has 6 nitrogen and oxygen atoms in total. The second kappa shape index (κ2) is 6.00. The first-order valence-electron chi connectivity index (χ1n) is 6.36. The Labute approximate surface area is 117 Å². The smallest absolute Gasteiger partial charge is 0.307 e. The SMILES string of the molecule is COc1cc(OC)c(C2CC(C(=O)O)CN2)c(OC)c1. The fourth-order valence-corrected chi connectivity index (χ4v) is 2.52. The van der Waals surface area contributed by atoms with Crippen molar-refractivity contribution in [1.82, 2.24) is 5.32 Å². The fourth-order valence-electron chi connectivity index (χ4n) is 2.52. The second-order valence-electron chi connectivity index (χ2n) is 4.68. The molecular weight excluding hydrogens is 262 g/mol. The van der Waals surface area contributed by atoms with Gasteiger partial charge in [-0.15, -0.1) is 0 Å². The highest BCUT2D eigenvalue weighted by Gasteiger charge is 2.33. The number of methoxy groups -OCH3 is 3. The van der Waals surface area contributed by atoms with Gasteiger partial charge in [0, 0.05) is 24.7 Å². The molecule has 110 valence electrons. The standard InChI is InChI=1S/C14H19NO5/c1-18-9-5-11(19-2)13(12(6-9)20-3)10-4-8(7-15-10)14(16)17/h5-6,8,10,15H,4,7H2,1-3H3,(H,16,17). The van der Waals surface area contributed by atoms with Crippen molar-refractivity contribution in [3.05, 3.63) is 17.7 Å². The lowest BCUT2D eigenvalue weighted by molar-refractivity contribution is -0.141. The van der Waals surface area contributed by atoms with Crippen LogP contribution in [0.2, 0.25) is 0 Å². The lowest BCUT2D eigenvalue weighted by atomic mass is 9.98. The first kappa shape index (κ1) is 14.5. The van der Waals surface area contributed by atoms with Crippen LogP contribution in [0.3, 0.4) is 0 Å². The number of rotatable bonds is 5. The molecule has 1 aromatic rings. The van der Waals surface area contributed by atoms with Crippen molar-refractivity contribution in [2.45, 2.75) is 12.5 Å². The zero-order chi connectivity index (χ0) is 14.7. The summed E-state index contributed by atoms with van der Waals surface area (Å²) in [5.74, 6) is 0.715. The van der Waals surface area contributed by atoms with Crippen molar-refractivity contribution in [1.29, 1.82) is 0 Å². The molecule has 6 heteroatoms. The van der Waals surface area contributed by atoms with Crippen molar-refractivity contribution >= 4 is 5.97 Å². The van der Waals surface area contributed by atoms with E-state index in [2.05, 4.69) is 5.32 Å². The normalized spacial score (nSPS) is 21.6. The van der Waals surface area contributed by atoms with Crippen LogP contribution in [0.25, 0.3) is 0 Å². The molecule has 2 N–H and O–H groups in total. The number of nitrogens with one attached hydrogen (secondary N) is 1. The molecule has 0 amide bonds. The maximum Gasteiger partial charge on any atom is 0.307 e. The van der Waals surface area contributed by atoms with Crippen molar-refractivity contribution in [3.63, 3.8) is 0 Å². The molecule has 2 atom stereocenters. The van der Waals surface area contributed by atoms with Crippen LogP contribution >= 0.6 is 0 Å². The average molecular weight is 281 g/mol. The molecule has 0 spiro atoms. The number of carbonyl (C=O) groups is 1. The molecule has 1 aromatic carbocycles. The van der Waals surface area contributed by atoms with Crippen LogP contribution in [0.4, 0.5) is 0 Å². The lowest BCUT2D eigenvalue weighted by Gasteiger charge is -2.19. The van der Waals surface area contributed by atoms with E-state index < -0.39 is 11.9 Å². The van der Waals surface area contributed by atoms with Gasteiger partial charge in [0.1, 0.15) is 17.2 Å². The van der Waals surface area contributed by atoms with Crippen LogP contribution in [-0.2, 0) is 4.79 Å². The van der Waals surface area contributed by atoms with Crippen LogP contribution in [0.5, 0.6) is 17.2 Å². The molecule has 20 heavy (non-hydrogen) atoms. The van der Waals surface area contributed by atoms with E-state index in [9.17, 15) is 4.79 Å². The van der Waals surface area contributed by atoms with E-state index in [-0.39, 0.29) is 6.04 Å². The summed E-state index contributed by atoms with van der Waals surface area (Å²) in [5, 5.41) is 12.3. The molecule has 0 saturated carbocycles. The van der Waals surface area contributed by atoms with Crippen LogP contribution < -0.4 is 19.5 Å². The minimum atomic E-state index is -0.786. The third kappa shape index (κ3) is 2.65. The Morgan fingerprint density at radius 3 is 2.20 bits per heavy atom. The highest BCUT2D eigenvalue weighted by Crippen LogP contribution is 2.42. The summed E-state index contributed by atoms with van der Waals surface area (Å²) in [4.78, 5) is 11.1. The third-order valence-corrected chi connectivity index (χ3v) is 3.58. The first-order valence-corrected chi connectivity index (χ1v) is 6.36. The molecular formula is C14H19NO5. The summed E-state index contributed by atoms with van der Waals surface area (Å²) < 4.78 is 16.0. The van der Waals surface area contributed by atoms with Crippen LogP contribution in [0.1, 0.15) is 18.0 Å². The van der Waals surface area contributed by atoms with Crippen molar-refractivity contribution in [2.75, 3.05) is 27.9 Å². The van der Waals surface area contributed by atoms with E-state index in [0.717, 1.165) is 5.56 Å². The Morgan fingerprint density at radius 1 is 1.20 bits per heavy atom. The van der Waals surface area contributed by atoms with Gasteiger partial charge in [-0.3, -0.25) is 4.79 Å². The molecule has 1 heterocycles. The number of hydrogen-bond donors (Lipinski definition) is 2. The molecule has 1 aliphatic heterocycles. The van der Waals surface area contributed by atoms with Crippen LogP contribution in [0, 0.1) is 5.92 Å². The predicted octanol–water partition coefficient (Wildman–Crippen LogP) is 1.45. The quantitative estimate of drug-likeness (QED) is 0.850. The maximum atomic E-state index is 11.1. The Balaban J connectivity index is 2.37. The molecule has 2 rings (SSSR count). The predicted molar refractivity (Wildman–Crippen MR) is 72.6 cm³/mol. The Hall–Kier alpha value is -1.95. The topological polar surface area (TPSA) is 77.0 Å². The molecule has 1 aliphatic rings. The zero-order valence-corrected chi connectivity index (χ0v) is 11.8. The van der Waals surface area contributed by atoms with E-state index in [0.29, 0.717) is 30.2 Å². The fraction of sp³-hybridized carbons (Fsp3) is 0.500. The highest BCUT2D eigenvalue weighted by atomic mass is 16.5. The summed E-state index contributed by atoms with van der Waals surface area (Å²) >= 11 is 0. The van der Waals surface area contributed by atoms with Crippen LogP contribution in [0.15, 0.2) is 12.1 Å². The van der Waals surface area contributed by atoms with E-state index in [1.54, 1.807) is 33.5 Å².